The normalized spacial score (nSPS) is 19.6. The molecule has 4 atom stereocenters. The largest absolute Gasteiger partial charge is 0.392 e. The van der Waals surface area contributed by atoms with E-state index in [1.165, 1.54) is 5.56 Å². The molecule has 7 nitrogen and oxygen atoms in total. The molecule has 1 aliphatic rings. The third-order valence-electron chi connectivity index (χ3n) is 7.68. The molecule has 1 fully saturated rings. The lowest BCUT2D eigenvalue weighted by molar-refractivity contribution is -0.253. The van der Waals surface area contributed by atoms with Crippen molar-refractivity contribution in [3.05, 3.63) is 137 Å². The third kappa shape index (κ3) is 7.45. The minimum Gasteiger partial charge on any atom is -0.392 e. The monoisotopic (exact) mass is 551 g/mol. The number of hydrogen-bond donors (Lipinski definition) is 2. The number of aliphatic hydroxyl groups is 1. The first-order valence-electron chi connectivity index (χ1n) is 14.0. The Balaban J connectivity index is 1.29. The average molecular weight is 552 g/mol. The van der Waals surface area contributed by atoms with E-state index in [9.17, 15) is 9.90 Å². The summed E-state index contributed by atoms with van der Waals surface area (Å²) in [5.41, 5.74) is 5.63. The summed E-state index contributed by atoms with van der Waals surface area (Å²) in [7, 11) is 2.13. The van der Waals surface area contributed by atoms with Crippen molar-refractivity contribution in [1.29, 1.82) is 0 Å². The van der Waals surface area contributed by atoms with Gasteiger partial charge in [0.25, 0.3) is 5.91 Å². The Morgan fingerprint density at radius 1 is 0.951 bits per heavy atom. The quantitative estimate of drug-likeness (QED) is 0.261. The highest BCUT2D eigenvalue weighted by molar-refractivity contribution is 5.93. The summed E-state index contributed by atoms with van der Waals surface area (Å²) in [5.74, 6) is -0.159. The van der Waals surface area contributed by atoms with Gasteiger partial charge in [-0.05, 0) is 48.4 Å². The Morgan fingerprint density at radius 2 is 1.66 bits per heavy atom. The van der Waals surface area contributed by atoms with Gasteiger partial charge in [-0.25, -0.2) is 0 Å². The summed E-state index contributed by atoms with van der Waals surface area (Å²) in [6.45, 7) is 3.38. The maximum atomic E-state index is 12.4. The lowest BCUT2D eigenvalue weighted by Crippen LogP contribution is -2.38. The fourth-order valence-corrected chi connectivity index (χ4v) is 5.07. The molecule has 0 spiro atoms. The topological polar surface area (TPSA) is 83.9 Å². The number of hydrogen-bond acceptors (Lipinski definition) is 6. The number of aromatic nitrogens is 1. The fourth-order valence-electron chi connectivity index (χ4n) is 5.07. The standard InChI is InChI=1S/C34H37N3O4/c1-24(27-7-4-3-5-8-27)37(2)22-31-19-32(28-14-12-26(23-38)13-15-28)41-34(40-31)29-16-10-25(11-17-29)20-36-33(39)30-9-6-18-35-21-30/h3-18,21,24,31-32,34,38H,19-20,22-23H2,1-2H3,(H,36,39). The number of carbonyl (C=O) groups is 1. The highest BCUT2D eigenvalue weighted by atomic mass is 16.7. The van der Waals surface area contributed by atoms with Gasteiger partial charge in [-0.3, -0.25) is 14.7 Å². The van der Waals surface area contributed by atoms with Gasteiger partial charge in [0.15, 0.2) is 6.29 Å². The van der Waals surface area contributed by atoms with Crippen LogP contribution >= 0.6 is 0 Å². The predicted octanol–water partition coefficient (Wildman–Crippen LogP) is 5.74. The fraction of sp³-hybridized carbons (Fsp3) is 0.294. The van der Waals surface area contributed by atoms with Crippen LogP contribution in [-0.2, 0) is 22.6 Å². The minimum absolute atomic E-state index is 0.0113. The first-order valence-corrected chi connectivity index (χ1v) is 14.0. The third-order valence-corrected chi connectivity index (χ3v) is 7.68. The molecule has 4 aromatic rings. The lowest BCUT2D eigenvalue weighted by atomic mass is 9.99. The van der Waals surface area contributed by atoms with Gasteiger partial charge >= 0.3 is 0 Å². The van der Waals surface area contributed by atoms with E-state index in [1.807, 2.05) is 54.6 Å². The summed E-state index contributed by atoms with van der Waals surface area (Å²) in [4.78, 5) is 18.7. The van der Waals surface area contributed by atoms with E-state index < -0.39 is 6.29 Å². The van der Waals surface area contributed by atoms with Crippen LogP contribution in [0.3, 0.4) is 0 Å². The molecule has 2 N–H and O–H groups in total. The van der Waals surface area contributed by atoms with Crippen molar-refractivity contribution in [2.24, 2.45) is 0 Å². The predicted molar refractivity (Wildman–Crippen MR) is 158 cm³/mol. The highest BCUT2D eigenvalue weighted by Crippen LogP contribution is 2.38. The maximum Gasteiger partial charge on any atom is 0.253 e. The van der Waals surface area contributed by atoms with Crippen LogP contribution in [0.2, 0.25) is 0 Å². The van der Waals surface area contributed by atoms with Crippen LogP contribution in [0.15, 0.2) is 103 Å². The number of amides is 1. The van der Waals surface area contributed by atoms with Crippen LogP contribution < -0.4 is 5.32 Å². The second-order valence-electron chi connectivity index (χ2n) is 10.5. The molecule has 1 aliphatic heterocycles. The van der Waals surface area contributed by atoms with Gasteiger partial charge in [0.05, 0.1) is 24.4 Å². The molecule has 1 saturated heterocycles. The number of carbonyl (C=O) groups excluding carboxylic acids is 1. The number of nitrogens with zero attached hydrogens (tertiary/aromatic N) is 2. The van der Waals surface area contributed by atoms with Crippen LogP contribution in [0, 0.1) is 0 Å². The Morgan fingerprint density at radius 3 is 2.34 bits per heavy atom. The molecule has 1 amide bonds. The number of nitrogens with one attached hydrogen (secondary N) is 1. The number of rotatable bonds is 10. The van der Waals surface area contributed by atoms with Crippen molar-refractivity contribution in [2.75, 3.05) is 13.6 Å². The molecule has 2 heterocycles. The van der Waals surface area contributed by atoms with Gasteiger partial charge in [-0.1, -0.05) is 78.9 Å². The Labute approximate surface area is 241 Å². The molecule has 0 bridgehead atoms. The molecule has 0 saturated carbocycles. The summed E-state index contributed by atoms with van der Waals surface area (Å²) in [6, 6.07) is 30.1. The van der Waals surface area contributed by atoms with Crippen molar-refractivity contribution < 1.29 is 19.4 Å². The molecule has 7 heteroatoms. The smallest absolute Gasteiger partial charge is 0.253 e. The summed E-state index contributed by atoms with van der Waals surface area (Å²) in [6.07, 6.45) is 3.19. The molecule has 0 radical (unpaired) electrons. The van der Waals surface area contributed by atoms with E-state index in [1.54, 1.807) is 24.5 Å². The van der Waals surface area contributed by atoms with Crippen LogP contribution in [0.5, 0.6) is 0 Å². The van der Waals surface area contributed by atoms with Crippen LogP contribution in [0.4, 0.5) is 0 Å². The molecule has 5 rings (SSSR count). The van der Waals surface area contributed by atoms with Gasteiger partial charge < -0.3 is 19.9 Å². The molecule has 4 unspecified atom stereocenters. The lowest BCUT2D eigenvalue weighted by Gasteiger charge is -2.39. The second-order valence-corrected chi connectivity index (χ2v) is 10.5. The first-order chi connectivity index (χ1) is 20.0. The maximum absolute atomic E-state index is 12.4. The average Bonchev–Trinajstić information content (AvgIpc) is 3.04. The van der Waals surface area contributed by atoms with Gasteiger partial charge in [0, 0.05) is 43.5 Å². The number of likely N-dealkylation sites (N-methyl/N-ethyl adjacent to an activating group) is 1. The van der Waals surface area contributed by atoms with Crippen molar-refractivity contribution in [1.82, 2.24) is 15.2 Å². The molecule has 41 heavy (non-hydrogen) atoms. The number of pyridine rings is 1. The van der Waals surface area contributed by atoms with Crippen LogP contribution in [-0.4, -0.2) is 40.6 Å². The molecular formula is C34H37N3O4. The van der Waals surface area contributed by atoms with E-state index in [4.69, 9.17) is 9.47 Å². The van der Waals surface area contributed by atoms with Crippen molar-refractivity contribution in [3.63, 3.8) is 0 Å². The van der Waals surface area contributed by atoms with E-state index in [-0.39, 0.29) is 30.8 Å². The van der Waals surface area contributed by atoms with Crippen molar-refractivity contribution >= 4 is 5.91 Å². The summed E-state index contributed by atoms with van der Waals surface area (Å²) in [5, 5.41) is 12.4. The van der Waals surface area contributed by atoms with Gasteiger partial charge in [0.2, 0.25) is 0 Å². The van der Waals surface area contributed by atoms with E-state index in [2.05, 4.69) is 53.4 Å². The molecule has 212 valence electrons. The van der Waals surface area contributed by atoms with E-state index in [0.717, 1.165) is 35.2 Å². The second kappa shape index (κ2) is 13.7. The molecule has 3 aromatic carbocycles. The van der Waals surface area contributed by atoms with Crippen molar-refractivity contribution in [3.8, 4) is 0 Å². The van der Waals surface area contributed by atoms with Crippen LogP contribution in [0.25, 0.3) is 0 Å². The zero-order valence-electron chi connectivity index (χ0n) is 23.5. The Kier molecular flexibility index (Phi) is 9.54. The molecular weight excluding hydrogens is 514 g/mol. The number of benzene rings is 3. The van der Waals surface area contributed by atoms with Crippen LogP contribution in [0.1, 0.15) is 70.0 Å². The molecule has 1 aromatic heterocycles. The highest BCUT2D eigenvalue weighted by Gasteiger charge is 2.33. The Bertz CT molecular complexity index is 1380. The summed E-state index contributed by atoms with van der Waals surface area (Å²) < 4.78 is 13.0. The molecule has 0 aliphatic carbocycles. The zero-order chi connectivity index (χ0) is 28.6. The van der Waals surface area contributed by atoms with E-state index >= 15 is 0 Å². The number of aliphatic hydroxyl groups excluding tert-OH is 1. The van der Waals surface area contributed by atoms with Gasteiger partial charge in [-0.2, -0.15) is 0 Å². The Hall–Kier alpha value is -3.88. The minimum atomic E-state index is -0.532. The summed E-state index contributed by atoms with van der Waals surface area (Å²) >= 11 is 0. The van der Waals surface area contributed by atoms with Gasteiger partial charge in [-0.15, -0.1) is 0 Å². The van der Waals surface area contributed by atoms with Gasteiger partial charge in [0.1, 0.15) is 0 Å². The SMILES string of the molecule is CC(c1ccccc1)N(C)CC1CC(c2ccc(CO)cc2)OC(c2ccc(CNC(=O)c3cccnc3)cc2)O1. The number of ether oxygens (including phenoxy) is 2. The van der Waals surface area contributed by atoms with Crippen molar-refractivity contribution in [2.45, 2.75) is 51.0 Å². The first kappa shape index (κ1) is 28.6. The van der Waals surface area contributed by atoms with E-state index in [0.29, 0.717) is 12.1 Å². The zero-order valence-corrected chi connectivity index (χ0v) is 23.5.